The number of nitrogens with two attached hydrogens (primary N) is 1. The van der Waals surface area contributed by atoms with Crippen molar-refractivity contribution in [1.82, 2.24) is 5.32 Å². The fourth-order valence-electron chi connectivity index (χ4n) is 1.27. The monoisotopic (exact) mass is 226 g/mol. The van der Waals surface area contributed by atoms with E-state index < -0.39 is 0 Å². The average Bonchev–Trinajstić information content (AvgIpc) is 2.68. The third kappa shape index (κ3) is 4.01. The molecule has 0 bridgehead atoms. The van der Waals surface area contributed by atoms with Crippen molar-refractivity contribution in [2.45, 2.75) is 26.3 Å². The Bertz CT molecular complexity index is 298. The van der Waals surface area contributed by atoms with Crippen molar-refractivity contribution in [2.75, 3.05) is 6.54 Å². The van der Waals surface area contributed by atoms with E-state index in [1.807, 2.05) is 25.3 Å². The molecule has 1 rings (SSSR count). The number of thiophene rings is 1. The van der Waals surface area contributed by atoms with Crippen molar-refractivity contribution in [2.24, 2.45) is 11.7 Å². The number of carbonyl (C=O) groups is 1. The predicted octanol–water partition coefficient (Wildman–Crippen LogP) is 1.39. The molecular formula is C11H18N2OS. The Hall–Kier alpha value is -0.870. The standard InChI is InChI=1S/C11H18N2OS/c1-8(7-12)11(14)13-9(2)6-10-4-3-5-15-10/h3-5,8-9H,6-7,12H2,1-2H3,(H,13,14). The fourth-order valence-corrected chi connectivity index (χ4v) is 2.11. The predicted molar refractivity (Wildman–Crippen MR) is 63.8 cm³/mol. The largest absolute Gasteiger partial charge is 0.353 e. The molecule has 0 fully saturated rings. The lowest BCUT2D eigenvalue weighted by Gasteiger charge is -2.15. The van der Waals surface area contributed by atoms with Gasteiger partial charge in [0.15, 0.2) is 0 Å². The maximum Gasteiger partial charge on any atom is 0.224 e. The van der Waals surface area contributed by atoms with Gasteiger partial charge in [-0.05, 0) is 18.4 Å². The Balaban J connectivity index is 2.36. The highest BCUT2D eigenvalue weighted by Crippen LogP contribution is 2.11. The van der Waals surface area contributed by atoms with Crippen LogP contribution >= 0.6 is 11.3 Å². The quantitative estimate of drug-likeness (QED) is 0.797. The van der Waals surface area contributed by atoms with Gasteiger partial charge in [-0.1, -0.05) is 13.0 Å². The number of hydrogen-bond donors (Lipinski definition) is 2. The summed E-state index contributed by atoms with van der Waals surface area (Å²) in [6, 6.07) is 4.28. The van der Waals surface area contributed by atoms with Crippen LogP contribution in [0, 0.1) is 5.92 Å². The van der Waals surface area contributed by atoms with E-state index in [1.54, 1.807) is 11.3 Å². The van der Waals surface area contributed by atoms with Crippen LogP contribution in [0.25, 0.3) is 0 Å². The summed E-state index contributed by atoms with van der Waals surface area (Å²) in [7, 11) is 0. The number of rotatable bonds is 5. The van der Waals surface area contributed by atoms with Gasteiger partial charge in [0.25, 0.3) is 0 Å². The van der Waals surface area contributed by atoms with Crippen LogP contribution < -0.4 is 11.1 Å². The van der Waals surface area contributed by atoms with E-state index in [4.69, 9.17) is 5.73 Å². The SMILES string of the molecule is CC(Cc1cccs1)NC(=O)C(C)CN. The Morgan fingerprint density at radius 3 is 2.87 bits per heavy atom. The fraction of sp³-hybridized carbons (Fsp3) is 0.545. The first-order valence-electron chi connectivity index (χ1n) is 5.16. The summed E-state index contributed by atoms with van der Waals surface area (Å²) in [5.41, 5.74) is 5.43. The molecule has 84 valence electrons. The smallest absolute Gasteiger partial charge is 0.224 e. The zero-order chi connectivity index (χ0) is 11.3. The van der Waals surface area contributed by atoms with Gasteiger partial charge in [0.1, 0.15) is 0 Å². The highest BCUT2D eigenvalue weighted by Gasteiger charge is 2.13. The lowest BCUT2D eigenvalue weighted by Crippen LogP contribution is -2.39. The highest BCUT2D eigenvalue weighted by atomic mass is 32.1. The van der Waals surface area contributed by atoms with Gasteiger partial charge in [-0.15, -0.1) is 11.3 Å². The normalized spacial score (nSPS) is 14.6. The molecule has 0 saturated heterocycles. The van der Waals surface area contributed by atoms with E-state index >= 15 is 0 Å². The van der Waals surface area contributed by atoms with E-state index in [1.165, 1.54) is 4.88 Å². The van der Waals surface area contributed by atoms with Crippen LogP contribution in [-0.4, -0.2) is 18.5 Å². The van der Waals surface area contributed by atoms with Crippen molar-refractivity contribution >= 4 is 17.2 Å². The number of carbonyl (C=O) groups excluding carboxylic acids is 1. The molecule has 0 aromatic carbocycles. The molecule has 1 heterocycles. The first-order chi connectivity index (χ1) is 7.13. The van der Waals surface area contributed by atoms with E-state index in [9.17, 15) is 4.79 Å². The van der Waals surface area contributed by atoms with Crippen molar-refractivity contribution in [3.63, 3.8) is 0 Å². The van der Waals surface area contributed by atoms with Crippen LogP contribution in [-0.2, 0) is 11.2 Å². The summed E-state index contributed by atoms with van der Waals surface area (Å²) in [6.45, 7) is 4.26. The van der Waals surface area contributed by atoms with Gasteiger partial charge < -0.3 is 11.1 Å². The maximum absolute atomic E-state index is 11.5. The molecule has 3 nitrogen and oxygen atoms in total. The highest BCUT2D eigenvalue weighted by molar-refractivity contribution is 7.09. The lowest BCUT2D eigenvalue weighted by molar-refractivity contribution is -0.124. The van der Waals surface area contributed by atoms with Crippen LogP contribution in [0.4, 0.5) is 0 Å². The molecule has 0 radical (unpaired) electrons. The van der Waals surface area contributed by atoms with Gasteiger partial charge in [0.2, 0.25) is 5.91 Å². The van der Waals surface area contributed by atoms with Gasteiger partial charge >= 0.3 is 0 Å². The number of nitrogens with one attached hydrogen (secondary N) is 1. The van der Waals surface area contributed by atoms with Crippen molar-refractivity contribution in [1.29, 1.82) is 0 Å². The van der Waals surface area contributed by atoms with Crippen molar-refractivity contribution in [3.8, 4) is 0 Å². The molecule has 3 N–H and O–H groups in total. The second-order valence-corrected chi connectivity index (χ2v) is 4.86. The van der Waals surface area contributed by atoms with Gasteiger partial charge in [0.05, 0.1) is 0 Å². The van der Waals surface area contributed by atoms with Gasteiger partial charge in [0, 0.05) is 29.8 Å². The molecule has 1 amide bonds. The summed E-state index contributed by atoms with van der Waals surface area (Å²) in [6.07, 6.45) is 0.890. The summed E-state index contributed by atoms with van der Waals surface area (Å²) >= 11 is 1.72. The van der Waals surface area contributed by atoms with E-state index in [2.05, 4.69) is 11.4 Å². The molecule has 0 spiro atoms. The first-order valence-corrected chi connectivity index (χ1v) is 6.04. The first kappa shape index (κ1) is 12.2. The molecule has 15 heavy (non-hydrogen) atoms. The molecule has 4 heteroatoms. The molecule has 0 saturated carbocycles. The minimum Gasteiger partial charge on any atom is -0.353 e. The van der Waals surface area contributed by atoms with Gasteiger partial charge in [-0.2, -0.15) is 0 Å². The Morgan fingerprint density at radius 1 is 1.60 bits per heavy atom. The van der Waals surface area contributed by atoms with Gasteiger partial charge in [-0.25, -0.2) is 0 Å². The second kappa shape index (κ2) is 5.88. The molecule has 1 aromatic rings. The van der Waals surface area contributed by atoms with Crippen molar-refractivity contribution < 1.29 is 4.79 Å². The van der Waals surface area contributed by atoms with E-state index in [0.29, 0.717) is 6.54 Å². The zero-order valence-corrected chi connectivity index (χ0v) is 10.0. The Kier molecular flexibility index (Phi) is 4.78. The van der Waals surface area contributed by atoms with Crippen LogP contribution in [0.5, 0.6) is 0 Å². The molecule has 2 atom stereocenters. The summed E-state index contributed by atoms with van der Waals surface area (Å²) in [4.78, 5) is 12.8. The zero-order valence-electron chi connectivity index (χ0n) is 9.19. The average molecular weight is 226 g/mol. The topological polar surface area (TPSA) is 55.1 Å². The van der Waals surface area contributed by atoms with Crippen LogP contribution in [0.15, 0.2) is 17.5 Å². The van der Waals surface area contributed by atoms with E-state index in [-0.39, 0.29) is 17.9 Å². The summed E-state index contributed by atoms with van der Waals surface area (Å²) < 4.78 is 0. The molecule has 0 aliphatic carbocycles. The van der Waals surface area contributed by atoms with Crippen LogP contribution in [0.2, 0.25) is 0 Å². The number of hydrogen-bond acceptors (Lipinski definition) is 3. The Morgan fingerprint density at radius 2 is 2.33 bits per heavy atom. The summed E-state index contributed by atoms with van der Waals surface area (Å²) in [5, 5.41) is 5.00. The number of amides is 1. The minimum absolute atomic E-state index is 0.0431. The Labute approximate surface area is 94.7 Å². The van der Waals surface area contributed by atoms with Crippen LogP contribution in [0.1, 0.15) is 18.7 Å². The summed E-state index contributed by atoms with van der Waals surface area (Å²) in [5.74, 6) is -0.0580. The molecule has 0 aliphatic heterocycles. The third-order valence-corrected chi connectivity index (χ3v) is 3.18. The molecule has 1 aromatic heterocycles. The molecule has 2 unspecified atom stereocenters. The molecule has 0 aliphatic rings. The lowest BCUT2D eigenvalue weighted by atomic mass is 10.1. The van der Waals surface area contributed by atoms with Gasteiger partial charge in [-0.3, -0.25) is 4.79 Å². The molecular weight excluding hydrogens is 208 g/mol. The maximum atomic E-state index is 11.5. The minimum atomic E-state index is -0.101. The third-order valence-electron chi connectivity index (χ3n) is 2.28. The van der Waals surface area contributed by atoms with E-state index in [0.717, 1.165) is 6.42 Å². The second-order valence-electron chi connectivity index (χ2n) is 3.83. The van der Waals surface area contributed by atoms with Crippen molar-refractivity contribution in [3.05, 3.63) is 22.4 Å². The van der Waals surface area contributed by atoms with Crippen LogP contribution in [0.3, 0.4) is 0 Å².